The van der Waals surface area contributed by atoms with Gasteiger partial charge < -0.3 is 14.4 Å². The lowest BCUT2D eigenvalue weighted by molar-refractivity contribution is 0.268. The van der Waals surface area contributed by atoms with Crippen molar-refractivity contribution in [2.24, 2.45) is 0 Å². The second kappa shape index (κ2) is 8.37. The van der Waals surface area contributed by atoms with Gasteiger partial charge in [0.2, 0.25) is 0 Å². The zero-order chi connectivity index (χ0) is 11.0. The third-order valence-electron chi connectivity index (χ3n) is 1.57. The molecule has 0 aliphatic carbocycles. The van der Waals surface area contributed by atoms with E-state index in [0.717, 1.165) is 6.54 Å². The molecule has 0 aliphatic heterocycles. The lowest BCUT2D eigenvalue weighted by atomic mass is 10.4. The molecular formula is C9H25N3OSi. The maximum atomic E-state index is 5.71. The minimum Gasteiger partial charge on any atom is -0.381 e. The Labute approximate surface area is 89.7 Å². The summed E-state index contributed by atoms with van der Waals surface area (Å²) in [6.45, 7) is 12.2. The average molecular weight is 219 g/mol. The number of hydrogen-bond donors (Lipinski definition) is 3. The van der Waals surface area contributed by atoms with E-state index in [-0.39, 0.29) is 0 Å². The molecule has 0 aromatic rings. The van der Waals surface area contributed by atoms with Crippen molar-refractivity contribution in [2.75, 3.05) is 13.3 Å². The molecule has 0 spiro atoms. The fourth-order valence-electron chi connectivity index (χ4n) is 0.994. The average Bonchev–Trinajstić information content (AvgIpc) is 2.02. The first-order chi connectivity index (χ1) is 6.56. The predicted octanol–water partition coefficient (Wildman–Crippen LogP) is 0.283. The molecule has 0 rings (SSSR count). The molecule has 0 bridgehead atoms. The van der Waals surface area contributed by atoms with Crippen LogP contribution in [0.3, 0.4) is 0 Å². The largest absolute Gasteiger partial charge is 0.381 e. The van der Waals surface area contributed by atoms with E-state index in [2.05, 4.69) is 49.9 Å². The Hall–Kier alpha value is 0.0569. The van der Waals surface area contributed by atoms with Crippen molar-refractivity contribution in [1.29, 1.82) is 0 Å². The van der Waals surface area contributed by atoms with Gasteiger partial charge in [0, 0.05) is 0 Å². The van der Waals surface area contributed by atoms with Crippen molar-refractivity contribution >= 4 is 9.36 Å². The third kappa shape index (κ3) is 8.65. The van der Waals surface area contributed by atoms with Gasteiger partial charge >= 0.3 is 9.36 Å². The number of rotatable bonds is 8. The van der Waals surface area contributed by atoms with Crippen LogP contribution in [0.15, 0.2) is 0 Å². The Morgan fingerprint density at radius 3 is 1.93 bits per heavy atom. The first-order valence-electron chi connectivity index (χ1n) is 5.40. The van der Waals surface area contributed by atoms with E-state index >= 15 is 0 Å². The fraction of sp³-hybridized carbons (Fsp3) is 1.00. The molecule has 0 aliphatic rings. The quantitative estimate of drug-likeness (QED) is 0.312. The highest BCUT2D eigenvalue weighted by Crippen LogP contribution is 1.85. The van der Waals surface area contributed by atoms with Crippen LogP contribution in [-0.4, -0.2) is 34.7 Å². The first-order valence-corrected chi connectivity index (χ1v) is 7.03. The van der Waals surface area contributed by atoms with Gasteiger partial charge in [-0.15, -0.1) is 0 Å². The van der Waals surface area contributed by atoms with E-state index in [9.17, 15) is 0 Å². The van der Waals surface area contributed by atoms with Gasteiger partial charge in [-0.2, -0.15) is 0 Å². The van der Waals surface area contributed by atoms with Gasteiger partial charge in [0.15, 0.2) is 0 Å². The summed E-state index contributed by atoms with van der Waals surface area (Å²) in [5.74, 6) is 0. The van der Waals surface area contributed by atoms with Gasteiger partial charge in [-0.05, 0) is 18.6 Å². The van der Waals surface area contributed by atoms with Gasteiger partial charge in [-0.1, -0.05) is 34.6 Å². The molecule has 0 atom stereocenters. The summed E-state index contributed by atoms with van der Waals surface area (Å²) in [6.07, 6.45) is 0. The lowest BCUT2D eigenvalue weighted by Gasteiger charge is -2.22. The van der Waals surface area contributed by atoms with Crippen LogP contribution < -0.4 is 15.3 Å². The summed E-state index contributed by atoms with van der Waals surface area (Å²) in [4.78, 5) is 6.87. The fourth-order valence-corrected chi connectivity index (χ4v) is 2.78. The Kier molecular flexibility index (Phi) is 8.41. The zero-order valence-corrected chi connectivity index (χ0v) is 11.2. The van der Waals surface area contributed by atoms with Crippen LogP contribution in [0.5, 0.6) is 0 Å². The molecule has 0 fully saturated rings. The van der Waals surface area contributed by atoms with Crippen molar-refractivity contribution < 1.29 is 4.43 Å². The molecule has 4 nitrogen and oxygen atoms in total. The molecule has 0 unspecified atom stereocenters. The summed E-state index contributed by atoms with van der Waals surface area (Å²) in [5, 5.41) is 3.16. The Morgan fingerprint density at radius 1 is 1.07 bits per heavy atom. The summed E-state index contributed by atoms with van der Waals surface area (Å²) >= 11 is 0. The highest BCUT2D eigenvalue weighted by Gasteiger charge is 2.13. The summed E-state index contributed by atoms with van der Waals surface area (Å²) in [6, 6.07) is 0.944. The molecule has 3 N–H and O–H groups in total. The van der Waals surface area contributed by atoms with Crippen LogP contribution in [0.1, 0.15) is 34.6 Å². The van der Waals surface area contributed by atoms with E-state index in [1.807, 2.05) is 0 Å². The smallest absolute Gasteiger partial charge is 0.336 e. The minimum atomic E-state index is -1.44. The van der Waals surface area contributed by atoms with Crippen molar-refractivity contribution in [2.45, 2.75) is 46.7 Å². The Balaban J connectivity index is 3.72. The maximum absolute atomic E-state index is 5.71. The third-order valence-corrected chi connectivity index (χ3v) is 4.01. The van der Waals surface area contributed by atoms with Crippen molar-refractivity contribution in [3.63, 3.8) is 0 Å². The predicted molar refractivity (Wildman–Crippen MR) is 63.3 cm³/mol. The normalized spacial score (nSPS) is 12.0. The Morgan fingerprint density at radius 2 is 1.57 bits per heavy atom. The van der Waals surface area contributed by atoms with Crippen LogP contribution in [-0.2, 0) is 4.43 Å². The van der Waals surface area contributed by atoms with Gasteiger partial charge in [0.25, 0.3) is 0 Å². The zero-order valence-electron chi connectivity index (χ0n) is 10.1. The van der Waals surface area contributed by atoms with Crippen LogP contribution >= 0.6 is 0 Å². The highest BCUT2D eigenvalue weighted by molar-refractivity contribution is 6.46. The summed E-state index contributed by atoms with van der Waals surface area (Å²) in [5.41, 5.74) is 0. The molecule has 0 radical (unpaired) electrons. The van der Waals surface area contributed by atoms with Crippen LogP contribution in [0, 0.1) is 0 Å². The summed E-state index contributed by atoms with van der Waals surface area (Å²) < 4.78 is 5.71. The minimum absolute atomic E-state index is 0.472. The molecule has 14 heavy (non-hydrogen) atoms. The molecule has 0 saturated heterocycles. The molecule has 5 heteroatoms. The van der Waals surface area contributed by atoms with Crippen molar-refractivity contribution in [3.05, 3.63) is 0 Å². The second-order valence-electron chi connectivity index (χ2n) is 3.94. The van der Waals surface area contributed by atoms with E-state index in [1.165, 1.54) is 0 Å². The van der Waals surface area contributed by atoms with E-state index < -0.39 is 9.36 Å². The van der Waals surface area contributed by atoms with Gasteiger partial charge in [0.1, 0.15) is 0 Å². The molecular weight excluding hydrogens is 194 g/mol. The topological polar surface area (TPSA) is 45.3 Å². The molecule has 86 valence electrons. The standard InChI is InChI=1S/C9H25N3OSi/c1-6-10-7-13-14(11-8(2)3)12-9(4)5/h8-12,14H,6-7H2,1-5H3. The van der Waals surface area contributed by atoms with Crippen LogP contribution in [0.4, 0.5) is 0 Å². The number of nitrogens with one attached hydrogen (secondary N) is 3. The first kappa shape index (κ1) is 14.1. The van der Waals surface area contributed by atoms with E-state index in [4.69, 9.17) is 4.43 Å². The summed E-state index contributed by atoms with van der Waals surface area (Å²) in [7, 11) is -1.44. The monoisotopic (exact) mass is 219 g/mol. The molecule has 0 heterocycles. The van der Waals surface area contributed by atoms with E-state index in [0.29, 0.717) is 18.8 Å². The second-order valence-corrected chi connectivity index (χ2v) is 5.70. The molecule has 0 saturated carbocycles. The Bertz CT molecular complexity index is 123. The molecule has 0 aromatic heterocycles. The molecule has 0 aromatic carbocycles. The van der Waals surface area contributed by atoms with Crippen LogP contribution in [0.2, 0.25) is 0 Å². The molecule has 0 amide bonds. The number of hydrogen-bond acceptors (Lipinski definition) is 4. The lowest BCUT2D eigenvalue weighted by Crippen LogP contribution is -2.55. The van der Waals surface area contributed by atoms with Gasteiger partial charge in [0.05, 0.1) is 6.73 Å². The SMILES string of the molecule is CCNCO[SiH](NC(C)C)NC(C)C. The van der Waals surface area contributed by atoms with Crippen LogP contribution in [0.25, 0.3) is 0 Å². The van der Waals surface area contributed by atoms with E-state index in [1.54, 1.807) is 0 Å². The van der Waals surface area contributed by atoms with Gasteiger partial charge in [-0.25, -0.2) is 0 Å². The maximum Gasteiger partial charge on any atom is 0.336 e. The van der Waals surface area contributed by atoms with Gasteiger partial charge in [-0.3, -0.25) is 5.32 Å². The van der Waals surface area contributed by atoms with Crippen molar-refractivity contribution in [1.82, 2.24) is 15.3 Å². The van der Waals surface area contributed by atoms with Crippen molar-refractivity contribution in [3.8, 4) is 0 Å². The highest BCUT2D eigenvalue weighted by atomic mass is 28.3.